The van der Waals surface area contributed by atoms with Crippen molar-refractivity contribution in [3.8, 4) is 28.3 Å². The molecule has 0 unspecified atom stereocenters. The number of nitrogens with one attached hydrogen (secondary N) is 3. The second-order valence-electron chi connectivity index (χ2n) is 10.2. The lowest BCUT2D eigenvalue weighted by molar-refractivity contribution is -0.123. The number of rotatable bonds is 4. The summed E-state index contributed by atoms with van der Waals surface area (Å²) in [7, 11) is 0. The van der Waals surface area contributed by atoms with Gasteiger partial charge in [-0.2, -0.15) is 5.10 Å². The molecule has 0 fully saturated rings. The zero-order valence-electron chi connectivity index (χ0n) is 21.2. The van der Waals surface area contributed by atoms with Gasteiger partial charge in [0.1, 0.15) is 17.0 Å². The normalized spacial score (nSPS) is 11.9. The molecule has 11 heteroatoms. The van der Waals surface area contributed by atoms with E-state index in [1.807, 2.05) is 44.5 Å². The van der Waals surface area contributed by atoms with E-state index in [0.717, 1.165) is 16.9 Å². The molecule has 0 bridgehead atoms. The first-order chi connectivity index (χ1) is 18.2. The van der Waals surface area contributed by atoms with Gasteiger partial charge in [-0.25, -0.2) is 19.3 Å². The molecule has 3 N–H and O–H groups in total. The number of pyridine rings is 2. The number of imidazole rings is 2. The highest BCUT2D eigenvalue weighted by atomic mass is 19.1. The summed E-state index contributed by atoms with van der Waals surface area (Å²) in [5.41, 5.74) is 4.78. The molecule has 5 aromatic heterocycles. The van der Waals surface area contributed by atoms with Crippen LogP contribution < -0.4 is 5.32 Å². The van der Waals surface area contributed by atoms with Crippen LogP contribution in [0.3, 0.4) is 0 Å². The Morgan fingerprint density at radius 1 is 1.13 bits per heavy atom. The van der Waals surface area contributed by atoms with Crippen molar-refractivity contribution in [2.75, 3.05) is 5.32 Å². The molecule has 0 aliphatic heterocycles. The van der Waals surface area contributed by atoms with E-state index >= 15 is 4.39 Å². The first-order valence-corrected chi connectivity index (χ1v) is 12.0. The average Bonchev–Trinajstić information content (AvgIpc) is 3.60. The Hall–Kier alpha value is -4.93. The lowest BCUT2D eigenvalue weighted by atomic mass is 9.95. The van der Waals surface area contributed by atoms with Gasteiger partial charge >= 0.3 is 0 Å². The Morgan fingerprint density at radius 3 is 2.74 bits per heavy atom. The topological polar surface area (TPSA) is 130 Å². The summed E-state index contributed by atoms with van der Waals surface area (Å²) in [6.07, 6.45) is 8.43. The Bertz CT molecular complexity index is 1840. The zero-order chi connectivity index (χ0) is 26.6. The van der Waals surface area contributed by atoms with Gasteiger partial charge in [0.05, 0.1) is 35.1 Å². The highest BCUT2D eigenvalue weighted by Crippen LogP contribution is 2.33. The Balaban J connectivity index is 1.43. The van der Waals surface area contributed by atoms with Gasteiger partial charge in [-0.1, -0.05) is 20.8 Å². The monoisotopic (exact) mass is 509 g/mol. The summed E-state index contributed by atoms with van der Waals surface area (Å²) in [5.74, 6) is -0.115. The molecule has 0 atom stereocenters. The number of hydrogen-bond donors (Lipinski definition) is 3. The molecule has 0 saturated heterocycles. The van der Waals surface area contributed by atoms with Crippen LogP contribution in [0.2, 0.25) is 0 Å². The zero-order valence-corrected chi connectivity index (χ0v) is 21.2. The van der Waals surface area contributed by atoms with E-state index in [-0.39, 0.29) is 5.91 Å². The van der Waals surface area contributed by atoms with E-state index in [9.17, 15) is 4.79 Å². The molecular formula is C27H24FN9O. The molecule has 38 heavy (non-hydrogen) atoms. The highest BCUT2D eigenvalue weighted by molar-refractivity contribution is 5.97. The lowest BCUT2D eigenvalue weighted by Crippen LogP contribution is -2.27. The molecule has 10 nitrogen and oxygen atoms in total. The van der Waals surface area contributed by atoms with Crippen molar-refractivity contribution in [3.63, 3.8) is 0 Å². The number of anilines is 1. The van der Waals surface area contributed by atoms with Crippen LogP contribution in [0.1, 0.15) is 26.5 Å². The fraction of sp³-hybridized carbons (Fsp3) is 0.185. The number of carbonyl (C=O) groups is 1. The van der Waals surface area contributed by atoms with E-state index in [4.69, 9.17) is 0 Å². The van der Waals surface area contributed by atoms with Crippen LogP contribution >= 0.6 is 0 Å². The standard InChI is InChI=1S/C27H24FN9O/c1-14-12-37(13-31-14)21-5-6-30-24-23(21)33-25(34-24)22-18-8-17(19(28)9-20(18)35-36-22)15-7-16(11-29-10-15)32-26(38)27(2,3)4/h5-13H,1-4H3,(H,32,38)(H,35,36)(H,30,33,34). The number of carbonyl (C=O) groups excluding carboxylic acids is 1. The molecule has 0 aliphatic carbocycles. The number of H-pyrrole nitrogens is 2. The second-order valence-corrected chi connectivity index (χ2v) is 10.2. The maximum Gasteiger partial charge on any atom is 0.229 e. The van der Waals surface area contributed by atoms with Crippen molar-refractivity contribution in [3.05, 3.63) is 66.9 Å². The van der Waals surface area contributed by atoms with Gasteiger partial charge in [0.25, 0.3) is 0 Å². The number of nitrogens with zero attached hydrogens (tertiary/aromatic N) is 6. The number of halogens is 1. The number of aryl methyl sites for hydroxylation is 1. The minimum absolute atomic E-state index is 0.159. The third kappa shape index (κ3) is 4.07. The number of hydrogen-bond acceptors (Lipinski definition) is 6. The average molecular weight is 510 g/mol. The van der Waals surface area contributed by atoms with Crippen LogP contribution in [-0.2, 0) is 4.79 Å². The van der Waals surface area contributed by atoms with Crippen LogP contribution in [0.5, 0.6) is 0 Å². The fourth-order valence-electron chi connectivity index (χ4n) is 4.19. The second kappa shape index (κ2) is 8.58. The summed E-state index contributed by atoms with van der Waals surface area (Å²) in [5, 5.41) is 10.8. The van der Waals surface area contributed by atoms with Crippen molar-refractivity contribution in [1.29, 1.82) is 0 Å². The summed E-state index contributed by atoms with van der Waals surface area (Å²) >= 11 is 0. The minimum Gasteiger partial charge on any atom is -0.333 e. The molecule has 0 saturated carbocycles. The number of amides is 1. The predicted molar refractivity (Wildman–Crippen MR) is 142 cm³/mol. The number of benzene rings is 1. The fourth-order valence-corrected chi connectivity index (χ4v) is 4.19. The Labute approximate surface area is 216 Å². The summed E-state index contributed by atoms with van der Waals surface area (Å²) in [6.45, 7) is 7.38. The van der Waals surface area contributed by atoms with E-state index in [2.05, 4.69) is 40.4 Å². The Morgan fingerprint density at radius 2 is 1.97 bits per heavy atom. The van der Waals surface area contributed by atoms with Crippen LogP contribution in [0.15, 0.2) is 55.4 Å². The summed E-state index contributed by atoms with van der Waals surface area (Å²) in [6, 6.07) is 6.67. The van der Waals surface area contributed by atoms with Crippen LogP contribution in [-0.4, -0.2) is 45.6 Å². The molecule has 6 aromatic rings. The maximum atomic E-state index is 15.2. The van der Waals surface area contributed by atoms with Gasteiger partial charge in [0.15, 0.2) is 11.5 Å². The quantitative estimate of drug-likeness (QED) is 0.300. The van der Waals surface area contributed by atoms with E-state index in [1.54, 1.807) is 30.9 Å². The van der Waals surface area contributed by atoms with Crippen LogP contribution in [0.4, 0.5) is 10.1 Å². The van der Waals surface area contributed by atoms with E-state index < -0.39 is 11.2 Å². The van der Waals surface area contributed by atoms with Gasteiger partial charge in [-0.3, -0.25) is 14.9 Å². The molecule has 0 spiro atoms. The predicted octanol–water partition coefficient (Wildman–Crippen LogP) is 5.18. The first kappa shape index (κ1) is 23.5. The van der Waals surface area contributed by atoms with E-state index in [1.165, 1.54) is 12.3 Å². The van der Waals surface area contributed by atoms with Crippen molar-refractivity contribution in [1.82, 2.24) is 39.7 Å². The molecule has 1 amide bonds. The molecule has 6 rings (SSSR count). The third-order valence-corrected chi connectivity index (χ3v) is 6.22. The van der Waals surface area contributed by atoms with Gasteiger partial charge in [0, 0.05) is 46.6 Å². The number of aromatic amines is 2. The lowest BCUT2D eigenvalue weighted by Gasteiger charge is -2.17. The van der Waals surface area contributed by atoms with E-state index in [0.29, 0.717) is 44.9 Å². The van der Waals surface area contributed by atoms with Crippen LogP contribution in [0.25, 0.3) is 50.4 Å². The SMILES string of the molecule is Cc1cn(-c2ccnc3nc(-c4n[nH]c5cc(F)c(-c6cncc(NC(=O)C(C)(C)C)c6)cc45)[nH]c23)cn1. The highest BCUT2D eigenvalue weighted by Gasteiger charge is 2.22. The maximum absolute atomic E-state index is 15.2. The largest absolute Gasteiger partial charge is 0.333 e. The molecule has 1 aromatic carbocycles. The van der Waals surface area contributed by atoms with Crippen molar-refractivity contribution >= 4 is 33.7 Å². The molecule has 190 valence electrons. The smallest absolute Gasteiger partial charge is 0.229 e. The van der Waals surface area contributed by atoms with Crippen LogP contribution in [0, 0.1) is 18.2 Å². The minimum atomic E-state index is -0.580. The van der Waals surface area contributed by atoms with Gasteiger partial charge in [0.2, 0.25) is 5.91 Å². The van der Waals surface area contributed by atoms with Gasteiger partial charge < -0.3 is 14.9 Å². The molecule has 5 heterocycles. The molecular weight excluding hydrogens is 485 g/mol. The first-order valence-electron chi connectivity index (χ1n) is 12.0. The van der Waals surface area contributed by atoms with Crippen molar-refractivity contribution < 1.29 is 9.18 Å². The number of aromatic nitrogens is 8. The summed E-state index contributed by atoms with van der Waals surface area (Å²) < 4.78 is 17.1. The van der Waals surface area contributed by atoms with Crippen molar-refractivity contribution in [2.45, 2.75) is 27.7 Å². The number of fused-ring (bicyclic) bond motifs is 2. The summed E-state index contributed by atoms with van der Waals surface area (Å²) in [4.78, 5) is 33.3. The molecule has 0 radical (unpaired) electrons. The Kier molecular flexibility index (Phi) is 5.30. The molecule has 0 aliphatic rings. The van der Waals surface area contributed by atoms with Gasteiger partial charge in [-0.15, -0.1) is 0 Å². The van der Waals surface area contributed by atoms with Gasteiger partial charge in [-0.05, 0) is 25.1 Å². The third-order valence-electron chi connectivity index (χ3n) is 6.22. The van der Waals surface area contributed by atoms with Crippen molar-refractivity contribution in [2.24, 2.45) is 5.41 Å².